The number of rotatable bonds is 3. The fraction of sp³-hybridized carbons (Fsp3) is 0.333. The second-order valence-corrected chi connectivity index (χ2v) is 3.88. The first-order valence-corrected chi connectivity index (χ1v) is 5.13. The molecule has 0 bridgehead atoms. The Bertz CT molecular complexity index is 353. The van der Waals surface area contributed by atoms with Gasteiger partial charge in [-0.3, -0.25) is 4.79 Å². The number of nitriles is 1. The number of nitrogens with zero attached hydrogens (tertiary/aromatic N) is 1. The van der Waals surface area contributed by atoms with E-state index in [4.69, 9.17) is 16.9 Å². The van der Waals surface area contributed by atoms with Gasteiger partial charge in [-0.2, -0.15) is 5.26 Å². The van der Waals surface area contributed by atoms with Crippen molar-refractivity contribution in [1.82, 2.24) is 0 Å². The number of carbonyl (C=O) groups excluding carboxylic acids is 1. The second-order valence-electron chi connectivity index (χ2n) is 2.55. The maximum atomic E-state index is 11.6. The van der Waals surface area contributed by atoms with Crippen molar-refractivity contribution < 1.29 is 4.79 Å². The predicted molar refractivity (Wildman–Crippen MR) is 53.1 cm³/mol. The van der Waals surface area contributed by atoms with Crippen molar-refractivity contribution in [2.75, 3.05) is 0 Å². The van der Waals surface area contributed by atoms with Crippen LogP contribution in [0.2, 0.25) is 5.02 Å². The van der Waals surface area contributed by atoms with Crippen LogP contribution in [0.4, 0.5) is 0 Å². The highest BCUT2D eigenvalue weighted by atomic mass is 35.5. The topological polar surface area (TPSA) is 40.9 Å². The predicted octanol–water partition coefficient (Wildman–Crippen LogP) is 3.13. The molecular weight excluding hydrogens is 206 g/mol. The van der Waals surface area contributed by atoms with Crippen LogP contribution in [-0.4, -0.2) is 5.78 Å². The van der Waals surface area contributed by atoms with Gasteiger partial charge in [0.1, 0.15) is 5.92 Å². The fourth-order valence-corrected chi connectivity index (χ4v) is 2.11. The number of hydrogen-bond donors (Lipinski definition) is 0. The lowest BCUT2D eigenvalue weighted by atomic mass is 10.0. The summed E-state index contributed by atoms with van der Waals surface area (Å²) in [6.45, 7) is 1.81. The van der Waals surface area contributed by atoms with Gasteiger partial charge in [0.2, 0.25) is 0 Å². The molecule has 1 rings (SSSR count). The molecule has 1 aromatic rings. The van der Waals surface area contributed by atoms with Gasteiger partial charge >= 0.3 is 0 Å². The van der Waals surface area contributed by atoms with Crippen LogP contribution in [0.5, 0.6) is 0 Å². The van der Waals surface area contributed by atoms with Crippen molar-refractivity contribution in [2.24, 2.45) is 5.92 Å². The molecule has 0 radical (unpaired) electrons. The van der Waals surface area contributed by atoms with Gasteiger partial charge in [0.05, 0.1) is 16.0 Å². The first-order chi connectivity index (χ1) is 6.20. The maximum absolute atomic E-state index is 11.6. The van der Waals surface area contributed by atoms with Crippen LogP contribution in [0.25, 0.3) is 0 Å². The molecule has 0 aliphatic heterocycles. The summed E-state index contributed by atoms with van der Waals surface area (Å²) in [7, 11) is 0. The van der Waals surface area contributed by atoms with Gasteiger partial charge in [0.15, 0.2) is 5.78 Å². The quantitative estimate of drug-likeness (QED) is 0.724. The lowest BCUT2D eigenvalue weighted by Crippen LogP contribution is -2.10. The summed E-state index contributed by atoms with van der Waals surface area (Å²) in [5.41, 5.74) is 0. The fourth-order valence-electron chi connectivity index (χ4n) is 0.963. The lowest BCUT2D eigenvalue weighted by molar-refractivity contribution is 0.0951. The Kier molecular flexibility index (Phi) is 3.47. The summed E-state index contributed by atoms with van der Waals surface area (Å²) in [6, 6.07) is 3.64. The molecule has 0 saturated heterocycles. The Labute approximate surface area is 85.8 Å². The van der Waals surface area contributed by atoms with E-state index >= 15 is 0 Å². The average Bonchev–Trinajstić information content (AvgIpc) is 2.53. The Morgan fingerprint density at radius 1 is 1.85 bits per heavy atom. The van der Waals surface area contributed by atoms with Crippen molar-refractivity contribution in [3.05, 3.63) is 21.3 Å². The van der Waals surface area contributed by atoms with E-state index in [1.165, 1.54) is 11.3 Å². The Hall–Kier alpha value is -0.850. The van der Waals surface area contributed by atoms with Crippen molar-refractivity contribution in [3.63, 3.8) is 0 Å². The molecule has 0 aromatic carbocycles. The third-order valence-corrected chi connectivity index (χ3v) is 3.08. The summed E-state index contributed by atoms with van der Waals surface area (Å²) in [6.07, 6.45) is 0.531. The minimum absolute atomic E-state index is 0.162. The molecule has 0 fully saturated rings. The molecule has 0 aliphatic rings. The van der Waals surface area contributed by atoms with Crippen molar-refractivity contribution in [3.8, 4) is 6.07 Å². The zero-order chi connectivity index (χ0) is 9.84. The minimum Gasteiger partial charge on any atom is -0.292 e. The minimum atomic E-state index is -0.559. The van der Waals surface area contributed by atoms with Crippen LogP contribution in [0.15, 0.2) is 11.4 Å². The van der Waals surface area contributed by atoms with Gasteiger partial charge in [0, 0.05) is 0 Å². The first-order valence-electron chi connectivity index (χ1n) is 3.87. The molecule has 1 atom stereocenters. The van der Waals surface area contributed by atoms with Gasteiger partial charge < -0.3 is 0 Å². The first kappa shape index (κ1) is 10.2. The molecule has 4 heteroatoms. The third-order valence-electron chi connectivity index (χ3n) is 1.72. The second kappa shape index (κ2) is 4.40. The molecule has 0 N–H and O–H groups in total. The van der Waals surface area contributed by atoms with Gasteiger partial charge in [-0.05, 0) is 17.9 Å². The van der Waals surface area contributed by atoms with E-state index in [0.717, 1.165) is 0 Å². The van der Waals surface area contributed by atoms with Crippen LogP contribution in [0, 0.1) is 17.2 Å². The smallest absolute Gasteiger partial charge is 0.191 e. The average molecular weight is 214 g/mol. The van der Waals surface area contributed by atoms with E-state index in [1.54, 1.807) is 11.4 Å². The Morgan fingerprint density at radius 3 is 2.92 bits per heavy atom. The number of thiophene rings is 1. The molecule has 1 unspecified atom stereocenters. The molecule has 1 aromatic heterocycles. The van der Waals surface area contributed by atoms with Crippen molar-refractivity contribution in [1.29, 1.82) is 5.26 Å². The molecule has 0 amide bonds. The summed E-state index contributed by atoms with van der Waals surface area (Å²) < 4.78 is 0. The molecule has 0 spiro atoms. The van der Waals surface area contributed by atoms with E-state index in [2.05, 4.69) is 0 Å². The Morgan fingerprint density at radius 2 is 2.54 bits per heavy atom. The van der Waals surface area contributed by atoms with Gasteiger partial charge in [-0.15, -0.1) is 11.3 Å². The standard InChI is InChI=1S/C9H8ClNOS/c1-2-6(5-11)8(12)9-7(10)3-4-13-9/h3-4,6H,2H2,1H3. The summed E-state index contributed by atoms with van der Waals surface area (Å²) >= 11 is 7.06. The Balaban J connectivity index is 2.92. The van der Waals surface area contributed by atoms with E-state index in [-0.39, 0.29) is 5.78 Å². The van der Waals surface area contributed by atoms with Crippen LogP contribution in [-0.2, 0) is 0 Å². The van der Waals surface area contributed by atoms with Crippen LogP contribution >= 0.6 is 22.9 Å². The molecule has 2 nitrogen and oxygen atoms in total. The SMILES string of the molecule is CCC(C#N)C(=O)c1sccc1Cl. The number of hydrogen-bond acceptors (Lipinski definition) is 3. The van der Waals surface area contributed by atoms with Gasteiger partial charge in [0.25, 0.3) is 0 Å². The molecule has 13 heavy (non-hydrogen) atoms. The van der Waals surface area contributed by atoms with E-state index in [1.807, 2.05) is 13.0 Å². The molecule has 0 saturated carbocycles. The highest BCUT2D eigenvalue weighted by molar-refractivity contribution is 7.12. The zero-order valence-electron chi connectivity index (χ0n) is 7.08. The maximum Gasteiger partial charge on any atom is 0.191 e. The summed E-state index contributed by atoms with van der Waals surface area (Å²) in [5, 5.41) is 10.9. The molecule has 68 valence electrons. The van der Waals surface area contributed by atoms with Crippen LogP contribution < -0.4 is 0 Å². The van der Waals surface area contributed by atoms with Gasteiger partial charge in [-0.25, -0.2) is 0 Å². The highest BCUT2D eigenvalue weighted by Gasteiger charge is 2.20. The highest BCUT2D eigenvalue weighted by Crippen LogP contribution is 2.25. The normalized spacial score (nSPS) is 12.1. The van der Waals surface area contributed by atoms with Crippen LogP contribution in [0.3, 0.4) is 0 Å². The van der Waals surface area contributed by atoms with Crippen LogP contribution in [0.1, 0.15) is 23.0 Å². The van der Waals surface area contributed by atoms with E-state index < -0.39 is 5.92 Å². The molecule has 0 aliphatic carbocycles. The summed E-state index contributed by atoms with van der Waals surface area (Å²) in [5.74, 6) is -0.721. The number of Topliss-reactive ketones (excluding diaryl/α,β-unsaturated/α-hetero) is 1. The molecular formula is C9H8ClNOS. The zero-order valence-corrected chi connectivity index (χ0v) is 8.65. The van der Waals surface area contributed by atoms with E-state index in [9.17, 15) is 4.79 Å². The van der Waals surface area contributed by atoms with Crippen molar-refractivity contribution in [2.45, 2.75) is 13.3 Å². The van der Waals surface area contributed by atoms with Crippen molar-refractivity contribution >= 4 is 28.7 Å². The summed E-state index contributed by atoms with van der Waals surface area (Å²) in [4.78, 5) is 12.1. The van der Waals surface area contributed by atoms with Gasteiger partial charge in [-0.1, -0.05) is 18.5 Å². The number of halogens is 1. The largest absolute Gasteiger partial charge is 0.292 e. The monoisotopic (exact) mass is 213 g/mol. The third kappa shape index (κ3) is 2.09. The lowest BCUT2D eigenvalue weighted by Gasteiger charge is -2.02. The molecule has 1 heterocycles. The number of carbonyl (C=O) groups is 1. The number of ketones is 1. The van der Waals surface area contributed by atoms with E-state index in [0.29, 0.717) is 16.3 Å².